The van der Waals surface area contributed by atoms with Gasteiger partial charge in [0.1, 0.15) is 0 Å². The van der Waals surface area contributed by atoms with Gasteiger partial charge in [-0.05, 0) is 32.9 Å². The maximum Gasteiger partial charge on any atom is -0.0102 e. The van der Waals surface area contributed by atoms with Crippen LogP contribution in [0.5, 0.6) is 0 Å². The predicted octanol–water partition coefficient (Wildman–Crippen LogP) is 5.80. The molecular formula is C20H20. The van der Waals surface area contributed by atoms with Gasteiger partial charge in [-0.3, -0.25) is 0 Å². The molecule has 0 aromatic heterocycles. The highest BCUT2D eigenvalue weighted by atomic mass is 14.2. The summed E-state index contributed by atoms with van der Waals surface area (Å²) in [5.74, 6) is 0. The summed E-state index contributed by atoms with van der Waals surface area (Å²) in [6, 6.07) is 23.9. The lowest BCUT2D eigenvalue weighted by Crippen LogP contribution is -2.11. The maximum absolute atomic E-state index is 2.27. The largest absolute Gasteiger partial charge is 0.0622 e. The summed E-state index contributed by atoms with van der Waals surface area (Å²) in [6.45, 7) is 6.82. The summed E-state index contributed by atoms with van der Waals surface area (Å²) < 4.78 is 0. The Morgan fingerprint density at radius 1 is 0.600 bits per heavy atom. The van der Waals surface area contributed by atoms with Gasteiger partial charge in [0, 0.05) is 0 Å². The first-order chi connectivity index (χ1) is 9.57. The molecule has 0 heteroatoms. The van der Waals surface area contributed by atoms with Gasteiger partial charge in [-0.2, -0.15) is 0 Å². The predicted molar refractivity (Wildman–Crippen MR) is 88.1 cm³/mol. The molecule has 3 rings (SSSR count). The SMILES string of the molecule is CC(C)(C)c1cccc2c(-c3ccccc3)cccc12. The minimum absolute atomic E-state index is 0.162. The van der Waals surface area contributed by atoms with E-state index in [4.69, 9.17) is 0 Å². The summed E-state index contributed by atoms with van der Waals surface area (Å²) in [7, 11) is 0. The van der Waals surface area contributed by atoms with E-state index in [0.29, 0.717) is 0 Å². The topological polar surface area (TPSA) is 0 Å². The molecule has 0 aliphatic heterocycles. The normalized spacial score (nSPS) is 11.8. The number of rotatable bonds is 1. The molecule has 100 valence electrons. The zero-order chi connectivity index (χ0) is 14.2. The van der Waals surface area contributed by atoms with Gasteiger partial charge in [0.25, 0.3) is 0 Å². The fourth-order valence-electron chi connectivity index (χ4n) is 2.83. The lowest BCUT2D eigenvalue weighted by molar-refractivity contribution is 0.596. The number of fused-ring (bicyclic) bond motifs is 1. The standard InChI is InChI=1S/C20H20/c1-20(2,3)19-14-8-12-17-16(11-7-13-18(17)19)15-9-5-4-6-10-15/h4-14H,1-3H3. The minimum Gasteiger partial charge on any atom is -0.0622 e. The molecule has 0 saturated heterocycles. The van der Waals surface area contributed by atoms with Crippen molar-refractivity contribution in [2.45, 2.75) is 26.2 Å². The molecule has 0 atom stereocenters. The van der Waals surface area contributed by atoms with Crippen molar-refractivity contribution in [3.8, 4) is 11.1 Å². The molecule has 0 spiro atoms. The van der Waals surface area contributed by atoms with E-state index in [2.05, 4.69) is 87.5 Å². The van der Waals surface area contributed by atoms with Gasteiger partial charge >= 0.3 is 0 Å². The zero-order valence-electron chi connectivity index (χ0n) is 12.4. The molecule has 0 unspecified atom stereocenters. The van der Waals surface area contributed by atoms with Crippen LogP contribution in [0.4, 0.5) is 0 Å². The Balaban J connectivity index is 2.32. The van der Waals surface area contributed by atoms with Crippen LogP contribution in [0.15, 0.2) is 66.7 Å². The van der Waals surface area contributed by atoms with Crippen LogP contribution < -0.4 is 0 Å². The Hall–Kier alpha value is -2.08. The summed E-state index contributed by atoms with van der Waals surface area (Å²) in [5.41, 5.74) is 4.17. The Bertz CT molecular complexity index is 731. The third kappa shape index (κ3) is 2.22. The van der Waals surface area contributed by atoms with Crippen LogP contribution in [0.2, 0.25) is 0 Å². The van der Waals surface area contributed by atoms with Crippen molar-refractivity contribution in [2.75, 3.05) is 0 Å². The first-order valence-corrected chi connectivity index (χ1v) is 7.15. The third-order valence-corrected chi connectivity index (χ3v) is 3.81. The van der Waals surface area contributed by atoms with E-state index in [1.165, 1.54) is 27.5 Å². The third-order valence-electron chi connectivity index (χ3n) is 3.81. The lowest BCUT2D eigenvalue weighted by Gasteiger charge is -2.22. The van der Waals surface area contributed by atoms with E-state index in [9.17, 15) is 0 Å². The smallest absolute Gasteiger partial charge is 0.0102 e. The molecular weight excluding hydrogens is 240 g/mol. The summed E-state index contributed by atoms with van der Waals surface area (Å²) in [6.07, 6.45) is 0. The molecule has 0 aliphatic rings. The second-order valence-corrected chi connectivity index (χ2v) is 6.32. The van der Waals surface area contributed by atoms with Crippen molar-refractivity contribution in [3.63, 3.8) is 0 Å². The average molecular weight is 260 g/mol. The van der Waals surface area contributed by atoms with Gasteiger partial charge in [0.05, 0.1) is 0 Å². The van der Waals surface area contributed by atoms with Crippen LogP contribution in [0.1, 0.15) is 26.3 Å². The van der Waals surface area contributed by atoms with Crippen LogP contribution in [0, 0.1) is 0 Å². The monoisotopic (exact) mass is 260 g/mol. The van der Waals surface area contributed by atoms with Gasteiger partial charge in [-0.1, -0.05) is 87.5 Å². The van der Waals surface area contributed by atoms with Crippen molar-refractivity contribution < 1.29 is 0 Å². The molecule has 0 radical (unpaired) electrons. The van der Waals surface area contributed by atoms with Gasteiger partial charge in [0.2, 0.25) is 0 Å². The quantitative estimate of drug-likeness (QED) is 0.518. The second kappa shape index (κ2) is 4.79. The Labute approximate surface area is 121 Å². The van der Waals surface area contributed by atoms with Crippen molar-refractivity contribution in [1.29, 1.82) is 0 Å². The van der Waals surface area contributed by atoms with Crippen molar-refractivity contribution in [2.24, 2.45) is 0 Å². The highest BCUT2D eigenvalue weighted by Crippen LogP contribution is 2.34. The van der Waals surface area contributed by atoms with Gasteiger partial charge in [-0.15, -0.1) is 0 Å². The van der Waals surface area contributed by atoms with E-state index in [1.54, 1.807) is 0 Å². The van der Waals surface area contributed by atoms with Gasteiger partial charge < -0.3 is 0 Å². The molecule has 0 fully saturated rings. The second-order valence-electron chi connectivity index (χ2n) is 6.32. The molecule has 0 N–H and O–H groups in total. The molecule has 0 bridgehead atoms. The first-order valence-electron chi connectivity index (χ1n) is 7.15. The van der Waals surface area contributed by atoms with Crippen molar-refractivity contribution in [3.05, 3.63) is 72.3 Å². The molecule has 0 heterocycles. The molecule has 0 saturated carbocycles. The average Bonchev–Trinajstić information content (AvgIpc) is 2.46. The van der Waals surface area contributed by atoms with Crippen LogP contribution in [0.25, 0.3) is 21.9 Å². The van der Waals surface area contributed by atoms with Gasteiger partial charge in [0.15, 0.2) is 0 Å². The van der Waals surface area contributed by atoms with Crippen molar-refractivity contribution >= 4 is 10.8 Å². The van der Waals surface area contributed by atoms with Crippen molar-refractivity contribution in [1.82, 2.24) is 0 Å². The number of hydrogen-bond donors (Lipinski definition) is 0. The lowest BCUT2D eigenvalue weighted by atomic mass is 9.82. The van der Waals surface area contributed by atoms with Gasteiger partial charge in [-0.25, -0.2) is 0 Å². The first kappa shape index (κ1) is 12.9. The summed E-state index contributed by atoms with van der Waals surface area (Å²) >= 11 is 0. The maximum atomic E-state index is 2.27. The molecule has 0 nitrogen and oxygen atoms in total. The van der Waals surface area contributed by atoms with E-state index < -0.39 is 0 Å². The van der Waals surface area contributed by atoms with E-state index >= 15 is 0 Å². The molecule has 3 aromatic rings. The number of hydrogen-bond acceptors (Lipinski definition) is 0. The fourth-order valence-corrected chi connectivity index (χ4v) is 2.83. The Morgan fingerprint density at radius 2 is 1.25 bits per heavy atom. The molecule has 0 amide bonds. The van der Waals surface area contributed by atoms with Crippen LogP contribution in [0.3, 0.4) is 0 Å². The zero-order valence-corrected chi connectivity index (χ0v) is 12.4. The van der Waals surface area contributed by atoms with Crippen LogP contribution >= 0.6 is 0 Å². The molecule has 3 aromatic carbocycles. The fraction of sp³-hybridized carbons (Fsp3) is 0.200. The minimum atomic E-state index is 0.162. The highest BCUT2D eigenvalue weighted by Gasteiger charge is 2.17. The van der Waals surface area contributed by atoms with Crippen LogP contribution in [-0.2, 0) is 5.41 Å². The number of benzene rings is 3. The van der Waals surface area contributed by atoms with E-state index in [0.717, 1.165) is 0 Å². The van der Waals surface area contributed by atoms with Crippen LogP contribution in [-0.4, -0.2) is 0 Å². The van der Waals surface area contributed by atoms with E-state index in [-0.39, 0.29) is 5.41 Å². The molecule has 20 heavy (non-hydrogen) atoms. The summed E-state index contributed by atoms with van der Waals surface area (Å²) in [4.78, 5) is 0. The Morgan fingerprint density at radius 3 is 1.95 bits per heavy atom. The summed E-state index contributed by atoms with van der Waals surface area (Å²) in [5, 5.41) is 2.70. The van der Waals surface area contributed by atoms with E-state index in [1.807, 2.05) is 0 Å². The molecule has 0 aliphatic carbocycles. The highest BCUT2D eigenvalue weighted by molar-refractivity contribution is 5.98. The Kier molecular flexibility index (Phi) is 3.10.